The topological polar surface area (TPSA) is 74.4 Å². The molecule has 0 amide bonds. The van der Waals surface area contributed by atoms with Gasteiger partial charge in [0.1, 0.15) is 18.3 Å². The smallest absolute Gasteiger partial charge is 0.342 e. The van der Waals surface area contributed by atoms with Gasteiger partial charge in [-0.05, 0) is 23.8 Å². The van der Waals surface area contributed by atoms with E-state index in [1.54, 1.807) is 13.8 Å². The van der Waals surface area contributed by atoms with Gasteiger partial charge < -0.3 is 14.9 Å². The summed E-state index contributed by atoms with van der Waals surface area (Å²) in [5.41, 5.74) is 1.62. The number of hydrogen-bond acceptors (Lipinski definition) is 4. The van der Waals surface area contributed by atoms with E-state index in [4.69, 9.17) is 4.74 Å². The van der Waals surface area contributed by atoms with Gasteiger partial charge in [0.15, 0.2) is 0 Å². The summed E-state index contributed by atoms with van der Waals surface area (Å²) in [7, 11) is 0. The Hall–Kier alpha value is -2.63. The molecular weight excluding hydrogens is 284 g/mol. The number of nitro groups is 1. The maximum Gasteiger partial charge on any atom is 0.342 e. The summed E-state index contributed by atoms with van der Waals surface area (Å²) in [4.78, 5) is 23.0. The van der Waals surface area contributed by atoms with Gasteiger partial charge in [0.25, 0.3) is 0 Å². The number of aromatic nitrogens is 1. The monoisotopic (exact) mass is 302 g/mol. The van der Waals surface area contributed by atoms with Crippen LogP contribution in [-0.4, -0.2) is 22.1 Å². The van der Waals surface area contributed by atoms with Crippen LogP contribution in [0.2, 0.25) is 0 Å². The van der Waals surface area contributed by atoms with Crippen molar-refractivity contribution in [2.24, 2.45) is 0 Å². The summed E-state index contributed by atoms with van der Waals surface area (Å²) in [6, 6.07) is 9.41. The Morgan fingerprint density at radius 3 is 2.50 bits per heavy atom. The average Bonchev–Trinajstić information content (AvgIpc) is 2.87. The highest BCUT2D eigenvalue weighted by molar-refractivity contribution is 5.92. The van der Waals surface area contributed by atoms with Gasteiger partial charge in [-0.15, -0.1) is 0 Å². The molecule has 0 aliphatic rings. The first-order chi connectivity index (χ1) is 10.6. The van der Waals surface area contributed by atoms with Crippen LogP contribution < -0.4 is 0 Å². The van der Waals surface area contributed by atoms with Crippen LogP contribution in [-0.2, 0) is 17.7 Å². The molecule has 0 spiro atoms. The molecule has 0 atom stereocenters. The van der Waals surface area contributed by atoms with Gasteiger partial charge in [0.2, 0.25) is 0 Å². The number of carbonyl (C=O) groups is 1. The summed E-state index contributed by atoms with van der Waals surface area (Å²) >= 11 is 0. The van der Waals surface area contributed by atoms with Crippen molar-refractivity contribution in [1.82, 2.24) is 4.57 Å². The van der Waals surface area contributed by atoms with E-state index in [2.05, 4.69) is 0 Å². The molecule has 1 aromatic carbocycles. The zero-order valence-electron chi connectivity index (χ0n) is 12.6. The lowest BCUT2D eigenvalue weighted by Gasteiger charge is -2.03. The summed E-state index contributed by atoms with van der Waals surface area (Å²) in [6.45, 7) is 4.07. The van der Waals surface area contributed by atoms with E-state index < -0.39 is 10.9 Å². The number of ether oxygens (including phenoxy) is 1. The first-order valence-electron chi connectivity index (χ1n) is 7.15. The van der Waals surface area contributed by atoms with Crippen molar-refractivity contribution in [3.8, 4) is 0 Å². The largest absolute Gasteiger partial charge is 0.462 e. The molecule has 0 saturated carbocycles. The Bertz CT molecular complexity index is 677. The Morgan fingerprint density at radius 1 is 1.27 bits per heavy atom. The molecule has 0 radical (unpaired) electrons. The highest BCUT2D eigenvalue weighted by Crippen LogP contribution is 2.27. The molecule has 1 heterocycles. The van der Waals surface area contributed by atoms with E-state index in [1.807, 2.05) is 30.3 Å². The van der Waals surface area contributed by atoms with Crippen molar-refractivity contribution in [1.29, 1.82) is 0 Å². The molecule has 1 aromatic heterocycles. The molecule has 0 fully saturated rings. The lowest BCUT2D eigenvalue weighted by Crippen LogP contribution is -2.06. The standard InChI is InChI=1S/C16H18N2O4/c1-3-13-14(16(19)22-4-2)11-17(15(13)18(20)21)10-12-8-6-5-7-9-12/h5-9,11H,3-4,10H2,1-2H3. The Morgan fingerprint density at radius 2 is 1.95 bits per heavy atom. The second-order valence-corrected chi connectivity index (χ2v) is 4.79. The molecular formula is C16H18N2O4. The molecule has 0 saturated heterocycles. The Kier molecular flexibility index (Phi) is 4.93. The molecule has 6 heteroatoms. The maximum atomic E-state index is 12.0. The van der Waals surface area contributed by atoms with Crippen LogP contribution in [0.5, 0.6) is 0 Å². The summed E-state index contributed by atoms with van der Waals surface area (Å²) < 4.78 is 6.49. The van der Waals surface area contributed by atoms with Gasteiger partial charge in [-0.2, -0.15) is 0 Å². The van der Waals surface area contributed by atoms with E-state index in [9.17, 15) is 14.9 Å². The van der Waals surface area contributed by atoms with Crippen molar-refractivity contribution in [3.63, 3.8) is 0 Å². The van der Waals surface area contributed by atoms with Crippen molar-refractivity contribution in [3.05, 3.63) is 63.3 Å². The summed E-state index contributed by atoms with van der Waals surface area (Å²) in [6.07, 6.45) is 1.91. The lowest BCUT2D eigenvalue weighted by molar-refractivity contribution is -0.392. The van der Waals surface area contributed by atoms with Crippen molar-refractivity contribution in [2.75, 3.05) is 6.61 Å². The third kappa shape index (κ3) is 3.16. The highest BCUT2D eigenvalue weighted by Gasteiger charge is 2.28. The minimum Gasteiger partial charge on any atom is -0.462 e. The molecule has 116 valence electrons. The van der Waals surface area contributed by atoms with Gasteiger partial charge in [0.05, 0.1) is 12.2 Å². The van der Waals surface area contributed by atoms with E-state index in [1.165, 1.54) is 10.8 Å². The number of hydrogen-bond donors (Lipinski definition) is 0. The van der Waals surface area contributed by atoms with Crippen LogP contribution in [0.3, 0.4) is 0 Å². The van der Waals surface area contributed by atoms with Crippen molar-refractivity contribution < 1.29 is 14.5 Å². The van der Waals surface area contributed by atoms with E-state index in [0.717, 1.165) is 5.56 Å². The normalized spacial score (nSPS) is 10.5. The van der Waals surface area contributed by atoms with Crippen LogP contribution in [0.1, 0.15) is 35.3 Å². The van der Waals surface area contributed by atoms with Crippen LogP contribution in [0.15, 0.2) is 36.5 Å². The summed E-state index contributed by atoms with van der Waals surface area (Å²) in [5, 5.41) is 11.4. The fourth-order valence-electron chi connectivity index (χ4n) is 2.44. The number of carbonyl (C=O) groups excluding carboxylic acids is 1. The van der Waals surface area contributed by atoms with Crippen LogP contribution in [0.25, 0.3) is 0 Å². The number of rotatable bonds is 6. The molecule has 2 rings (SSSR count). The lowest BCUT2D eigenvalue weighted by atomic mass is 10.1. The fourth-order valence-corrected chi connectivity index (χ4v) is 2.44. The molecule has 22 heavy (non-hydrogen) atoms. The van der Waals surface area contributed by atoms with E-state index >= 15 is 0 Å². The Labute approximate surface area is 128 Å². The van der Waals surface area contributed by atoms with Crippen LogP contribution >= 0.6 is 0 Å². The van der Waals surface area contributed by atoms with Crippen LogP contribution in [0, 0.1) is 10.1 Å². The second-order valence-electron chi connectivity index (χ2n) is 4.79. The van der Waals surface area contributed by atoms with E-state index in [-0.39, 0.29) is 18.0 Å². The van der Waals surface area contributed by atoms with Crippen molar-refractivity contribution >= 4 is 11.8 Å². The Balaban J connectivity index is 2.48. The van der Waals surface area contributed by atoms with Crippen molar-refractivity contribution in [2.45, 2.75) is 26.8 Å². The minimum atomic E-state index is -0.519. The zero-order chi connectivity index (χ0) is 16.1. The molecule has 2 aromatic rings. The van der Waals surface area contributed by atoms with Crippen LogP contribution in [0.4, 0.5) is 5.82 Å². The number of benzene rings is 1. The minimum absolute atomic E-state index is 0.0468. The molecule has 0 aliphatic heterocycles. The quantitative estimate of drug-likeness (QED) is 0.466. The second kappa shape index (κ2) is 6.89. The third-order valence-corrected chi connectivity index (χ3v) is 3.37. The number of nitrogens with zero attached hydrogens (tertiary/aromatic N) is 2. The van der Waals surface area contributed by atoms with Gasteiger partial charge in [-0.1, -0.05) is 37.3 Å². The molecule has 0 bridgehead atoms. The molecule has 0 aliphatic carbocycles. The van der Waals surface area contributed by atoms with Gasteiger partial charge in [-0.25, -0.2) is 9.36 Å². The summed E-state index contributed by atoms with van der Waals surface area (Å²) in [5.74, 6) is -0.566. The fraction of sp³-hybridized carbons (Fsp3) is 0.312. The molecule has 6 nitrogen and oxygen atoms in total. The number of esters is 1. The first-order valence-corrected chi connectivity index (χ1v) is 7.15. The highest BCUT2D eigenvalue weighted by atomic mass is 16.6. The predicted molar refractivity (Wildman–Crippen MR) is 82.0 cm³/mol. The molecule has 0 unspecified atom stereocenters. The van der Waals surface area contributed by atoms with Gasteiger partial charge in [-0.3, -0.25) is 0 Å². The average molecular weight is 302 g/mol. The SMILES string of the molecule is CCOC(=O)c1cn(Cc2ccccc2)c([N+](=O)[O-])c1CC. The zero-order valence-corrected chi connectivity index (χ0v) is 12.6. The predicted octanol–water partition coefficient (Wildman–Crippen LogP) is 3.18. The van der Waals surface area contributed by atoms with E-state index in [0.29, 0.717) is 18.5 Å². The maximum absolute atomic E-state index is 12.0. The van der Waals surface area contributed by atoms with Gasteiger partial charge >= 0.3 is 11.8 Å². The van der Waals surface area contributed by atoms with Gasteiger partial charge in [0, 0.05) is 0 Å². The third-order valence-electron chi connectivity index (χ3n) is 3.37. The first kappa shape index (κ1) is 15.8. The molecule has 0 N–H and O–H groups in total.